The summed E-state index contributed by atoms with van der Waals surface area (Å²) in [6.07, 6.45) is -1.31. The summed E-state index contributed by atoms with van der Waals surface area (Å²) in [6, 6.07) is 0. The molecule has 0 aromatic carbocycles. The molecule has 2 aromatic heterocycles. The second-order valence-corrected chi connectivity index (χ2v) is 6.15. The van der Waals surface area contributed by atoms with Gasteiger partial charge >= 0.3 is 6.18 Å². The van der Waals surface area contributed by atoms with Crippen LogP contribution in [0.25, 0.3) is 11.2 Å². The average Bonchev–Trinajstić information content (AvgIpc) is 3.06. The fourth-order valence-electron chi connectivity index (χ4n) is 2.96. The van der Waals surface area contributed by atoms with E-state index in [0.717, 1.165) is 32.5 Å². The Morgan fingerprint density at radius 3 is 2.76 bits per heavy atom. The number of H-pyrrole nitrogens is 1. The van der Waals surface area contributed by atoms with Crippen molar-refractivity contribution in [3.05, 3.63) is 12.2 Å². The lowest BCUT2D eigenvalue weighted by Crippen LogP contribution is -2.37. The van der Waals surface area contributed by atoms with Gasteiger partial charge in [0.15, 0.2) is 11.5 Å². The first kappa shape index (κ1) is 17.9. The van der Waals surface area contributed by atoms with Gasteiger partial charge in [0.25, 0.3) is 0 Å². The Morgan fingerprint density at radius 1 is 1.32 bits per heavy atom. The number of hydrogen-bond donors (Lipinski definition) is 2. The molecule has 2 aromatic rings. The number of hydrogen-bond acceptors (Lipinski definition) is 6. The predicted molar refractivity (Wildman–Crippen MR) is 86.2 cm³/mol. The third-order valence-electron chi connectivity index (χ3n) is 4.42. The van der Waals surface area contributed by atoms with Gasteiger partial charge < -0.3 is 19.9 Å². The number of aromatic nitrogens is 4. The second kappa shape index (κ2) is 7.52. The van der Waals surface area contributed by atoms with Gasteiger partial charge in [-0.05, 0) is 31.8 Å². The number of nitrogens with zero attached hydrogens (tertiary/aromatic N) is 4. The van der Waals surface area contributed by atoms with Crippen molar-refractivity contribution in [3.8, 4) is 0 Å². The summed E-state index contributed by atoms with van der Waals surface area (Å²) < 4.78 is 43.9. The van der Waals surface area contributed by atoms with Crippen LogP contribution in [0.15, 0.2) is 6.33 Å². The molecule has 7 nitrogen and oxygen atoms in total. The summed E-state index contributed by atoms with van der Waals surface area (Å²) in [5, 5.41) is 3.05. The molecule has 1 saturated heterocycles. The standard InChI is InChI=1S/C15H21F3N6O/c1-25-7-6-24-4-2-10(3-5-24)8-19-12-11-13(21-9-20-11)23-14(22-12)15(16,17)18/h9-10H,2-8H2,1H3,(H2,19,20,21,22,23). The van der Waals surface area contributed by atoms with Gasteiger partial charge in [-0.15, -0.1) is 0 Å². The van der Waals surface area contributed by atoms with Crippen molar-refractivity contribution in [3.63, 3.8) is 0 Å². The first-order valence-corrected chi connectivity index (χ1v) is 8.21. The number of likely N-dealkylation sites (tertiary alicyclic amines) is 1. The molecule has 0 bridgehead atoms. The normalized spacial score (nSPS) is 17.3. The van der Waals surface area contributed by atoms with Crippen molar-refractivity contribution in [2.75, 3.05) is 45.2 Å². The Bertz CT molecular complexity index is 696. The molecule has 25 heavy (non-hydrogen) atoms. The lowest BCUT2D eigenvalue weighted by atomic mass is 9.97. The van der Waals surface area contributed by atoms with Crippen molar-refractivity contribution in [2.45, 2.75) is 19.0 Å². The highest BCUT2D eigenvalue weighted by Crippen LogP contribution is 2.29. The molecule has 0 atom stereocenters. The molecule has 1 fully saturated rings. The number of rotatable bonds is 6. The maximum atomic E-state index is 12.9. The fourth-order valence-corrected chi connectivity index (χ4v) is 2.96. The van der Waals surface area contributed by atoms with Crippen LogP contribution >= 0.6 is 0 Å². The Balaban J connectivity index is 1.63. The molecule has 0 aliphatic carbocycles. The number of nitrogens with one attached hydrogen (secondary N) is 2. The summed E-state index contributed by atoms with van der Waals surface area (Å²) in [6.45, 7) is 4.12. The molecule has 10 heteroatoms. The number of aromatic amines is 1. The summed E-state index contributed by atoms with van der Waals surface area (Å²) in [5.74, 6) is -0.637. The van der Waals surface area contributed by atoms with Crippen molar-refractivity contribution in [1.29, 1.82) is 0 Å². The smallest absolute Gasteiger partial charge is 0.383 e. The van der Waals surface area contributed by atoms with Crippen LogP contribution in [0.3, 0.4) is 0 Å². The van der Waals surface area contributed by atoms with E-state index in [4.69, 9.17) is 4.74 Å². The Labute approximate surface area is 143 Å². The topological polar surface area (TPSA) is 79.0 Å². The van der Waals surface area contributed by atoms with E-state index in [-0.39, 0.29) is 11.5 Å². The zero-order valence-electron chi connectivity index (χ0n) is 13.9. The number of ether oxygens (including phenoxy) is 1. The third kappa shape index (κ3) is 4.37. The molecule has 138 valence electrons. The number of fused-ring (bicyclic) bond motifs is 1. The maximum Gasteiger partial charge on any atom is 0.451 e. The molecule has 0 spiro atoms. The summed E-state index contributed by atoms with van der Waals surface area (Å²) >= 11 is 0. The second-order valence-electron chi connectivity index (χ2n) is 6.15. The number of piperidine rings is 1. The zero-order valence-corrected chi connectivity index (χ0v) is 13.9. The van der Waals surface area contributed by atoms with Crippen LogP contribution in [0.1, 0.15) is 18.7 Å². The van der Waals surface area contributed by atoms with Crippen LogP contribution in [-0.4, -0.2) is 64.7 Å². The van der Waals surface area contributed by atoms with Crippen LogP contribution in [0.2, 0.25) is 0 Å². The van der Waals surface area contributed by atoms with Gasteiger partial charge in [-0.1, -0.05) is 0 Å². The summed E-state index contributed by atoms with van der Waals surface area (Å²) in [4.78, 5) is 16.1. The minimum atomic E-state index is -4.60. The van der Waals surface area contributed by atoms with Crippen molar-refractivity contribution in [1.82, 2.24) is 24.8 Å². The number of methoxy groups -OCH3 is 1. The third-order valence-corrected chi connectivity index (χ3v) is 4.42. The fraction of sp³-hybridized carbons (Fsp3) is 0.667. The Hall–Kier alpha value is -1.94. The van der Waals surface area contributed by atoms with Gasteiger partial charge in [-0.25, -0.2) is 15.0 Å². The summed E-state index contributed by atoms with van der Waals surface area (Å²) in [5.41, 5.74) is 0.407. The van der Waals surface area contributed by atoms with E-state index in [0.29, 0.717) is 24.6 Å². The minimum absolute atomic E-state index is 0.0132. The van der Waals surface area contributed by atoms with Crippen molar-refractivity contribution >= 4 is 17.0 Å². The number of alkyl halides is 3. The number of imidazole rings is 1. The van der Waals surface area contributed by atoms with Crippen molar-refractivity contribution in [2.24, 2.45) is 5.92 Å². The van der Waals surface area contributed by atoms with Gasteiger partial charge in [-0.3, -0.25) is 0 Å². The molecule has 0 saturated carbocycles. The largest absolute Gasteiger partial charge is 0.451 e. The monoisotopic (exact) mass is 358 g/mol. The van der Waals surface area contributed by atoms with E-state index in [2.05, 4.69) is 30.2 Å². The average molecular weight is 358 g/mol. The van der Waals surface area contributed by atoms with Gasteiger partial charge in [0.2, 0.25) is 5.82 Å². The van der Waals surface area contributed by atoms with Crippen LogP contribution in [0, 0.1) is 5.92 Å². The molecular formula is C15H21F3N6O. The molecule has 2 N–H and O–H groups in total. The molecule has 0 unspecified atom stereocenters. The zero-order chi connectivity index (χ0) is 17.9. The molecule has 0 amide bonds. The predicted octanol–water partition coefficient (Wildman–Crippen LogP) is 2.14. The molecule has 3 heterocycles. The van der Waals surface area contributed by atoms with Crippen LogP contribution in [0.4, 0.5) is 19.0 Å². The van der Waals surface area contributed by atoms with Gasteiger partial charge in [-0.2, -0.15) is 13.2 Å². The Kier molecular flexibility index (Phi) is 5.38. The highest BCUT2D eigenvalue weighted by molar-refractivity contribution is 5.82. The van der Waals surface area contributed by atoms with E-state index in [1.54, 1.807) is 7.11 Å². The van der Waals surface area contributed by atoms with Crippen LogP contribution in [-0.2, 0) is 10.9 Å². The van der Waals surface area contributed by atoms with Gasteiger partial charge in [0.1, 0.15) is 5.52 Å². The van der Waals surface area contributed by atoms with Gasteiger partial charge in [0, 0.05) is 20.2 Å². The van der Waals surface area contributed by atoms with Gasteiger partial charge in [0.05, 0.1) is 12.9 Å². The van der Waals surface area contributed by atoms with E-state index in [9.17, 15) is 13.2 Å². The van der Waals surface area contributed by atoms with E-state index in [1.165, 1.54) is 6.33 Å². The first-order valence-electron chi connectivity index (χ1n) is 8.21. The Morgan fingerprint density at radius 2 is 2.08 bits per heavy atom. The van der Waals surface area contributed by atoms with E-state index < -0.39 is 12.0 Å². The lowest BCUT2D eigenvalue weighted by Gasteiger charge is -2.31. The first-order chi connectivity index (χ1) is 12.0. The molecule has 1 aliphatic rings. The van der Waals surface area contributed by atoms with Crippen LogP contribution < -0.4 is 5.32 Å². The maximum absolute atomic E-state index is 12.9. The number of anilines is 1. The number of halogens is 3. The van der Waals surface area contributed by atoms with E-state index in [1.807, 2.05) is 0 Å². The molecular weight excluding hydrogens is 337 g/mol. The highest BCUT2D eigenvalue weighted by Gasteiger charge is 2.36. The van der Waals surface area contributed by atoms with E-state index >= 15 is 0 Å². The SMILES string of the molecule is COCCN1CCC(CNc2nc(C(F)(F)F)nc3nc[nH]c23)CC1. The molecule has 0 radical (unpaired) electrons. The molecule has 3 rings (SSSR count). The quantitative estimate of drug-likeness (QED) is 0.824. The highest BCUT2D eigenvalue weighted by atomic mass is 19.4. The lowest BCUT2D eigenvalue weighted by molar-refractivity contribution is -0.144. The minimum Gasteiger partial charge on any atom is -0.383 e. The molecule has 1 aliphatic heterocycles. The van der Waals surface area contributed by atoms with Crippen molar-refractivity contribution < 1.29 is 17.9 Å². The summed E-state index contributed by atoms with van der Waals surface area (Å²) in [7, 11) is 1.68. The van der Waals surface area contributed by atoms with Crippen LogP contribution in [0.5, 0.6) is 0 Å².